The van der Waals surface area contributed by atoms with Gasteiger partial charge in [0.05, 0.1) is 19.8 Å². The van der Waals surface area contributed by atoms with Crippen molar-refractivity contribution in [2.24, 2.45) is 0 Å². The van der Waals surface area contributed by atoms with E-state index in [-0.39, 0.29) is 13.2 Å². The van der Waals surface area contributed by atoms with Crippen LogP contribution in [-0.2, 0) is 4.74 Å². The molecule has 0 fully saturated rings. The number of aliphatic hydroxyl groups excluding tert-OH is 2. The molecule has 0 saturated heterocycles. The zero-order valence-corrected chi connectivity index (χ0v) is 4.71. The molecule has 0 heterocycles. The first kappa shape index (κ1) is 7.88. The summed E-state index contributed by atoms with van der Waals surface area (Å²) in [6.07, 6.45) is 0.528. The van der Waals surface area contributed by atoms with Crippen molar-refractivity contribution in [3.8, 4) is 0 Å². The fraction of sp³-hybridized carbons (Fsp3) is 0.800. The Morgan fingerprint density at radius 2 is 2.00 bits per heavy atom. The molecule has 0 aliphatic rings. The Labute approximate surface area is 48.9 Å². The van der Waals surface area contributed by atoms with Crippen LogP contribution in [0.1, 0.15) is 6.42 Å². The lowest BCUT2D eigenvalue weighted by molar-refractivity contribution is 0.124. The summed E-state index contributed by atoms with van der Waals surface area (Å²) in [6.45, 7) is 1.93. The van der Waals surface area contributed by atoms with Crippen molar-refractivity contribution in [2.45, 2.75) is 6.42 Å². The molecule has 0 saturated carbocycles. The highest BCUT2D eigenvalue weighted by Gasteiger charge is 1.84. The molecule has 3 heteroatoms. The molecule has 0 spiro atoms. The monoisotopic (exact) mass is 119 g/mol. The van der Waals surface area contributed by atoms with E-state index in [1.54, 1.807) is 0 Å². The van der Waals surface area contributed by atoms with Gasteiger partial charge in [0, 0.05) is 6.61 Å². The van der Waals surface area contributed by atoms with E-state index >= 15 is 0 Å². The largest absolute Gasteiger partial charge is 0.396 e. The van der Waals surface area contributed by atoms with Gasteiger partial charge in [-0.05, 0) is 6.42 Å². The zero-order chi connectivity index (χ0) is 6.24. The van der Waals surface area contributed by atoms with Crippen LogP contribution in [0.3, 0.4) is 0 Å². The lowest BCUT2D eigenvalue weighted by atomic mass is 10.5. The van der Waals surface area contributed by atoms with Crippen molar-refractivity contribution in [1.29, 1.82) is 0 Å². The molecule has 0 aromatic heterocycles. The fourth-order valence-corrected chi connectivity index (χ4v) is 0.272. The molecule has 0 aromatic rings. The maximum atomic E-state index is 8.19. The van der Waals surface area contributed by atoms with E-state index in [9.17, 15) is 0 Å². The van der Waals surface area contributed by atoms with Gasteiger partial charge in [-0.25, -0.2) is 0 Å². The quantitative estimate of drug-likeness (QED) is 0.481. The van der Waals surface area contributed by atoms with Crippen LogP contribution in [0.4, 0.5) is 0 Å². The maximum Gasteiger partial charge on any atom is 0.0860 e. The van der Waals surface area contributed by atoms with E-state index in [4.69, 9.17) is 10.2 Å². The first-order chi connectivity index (χ1) is 3.91. The summed E-state index contributed by atoms with van der Waals surface area (Å²) in [5.74, 6) is 0. The van der Waals surface area contributed by atoms with Crippen LogP contribution in [0.2, 0.25) is 0 Å². The number of ether oxygens (including phenoxy) is 1. The fourth-order valence-electron chi connectivity index (χ4n) is 0.272. The molecule has 1 radical (unpaired) electrons. The van der Waals surface area contributed by atoms with Crippen LogP contribution < -0.4 is 0 Å². The molecular formula is C5H11O3. The summed E-state index contributed by atoms with van der Waals surface area (Å²) in [5, 5.41) is 16.3. The predicted molar refractivity (Wildman–Crippen MR) is 29.0 cm³/mol. The number of hydrogen-bond acceptors (Lipinski definition) is 3. The third kappa shape index (κ3) is 5.88. The summed E-state index contributed by atoms with van der Waals surface area (Å²) < 4.78 is 4.69. The second-order valence-corrected chi connectivity index (χ2v) is 1.27. The van der Waals surface area contributed by atoms with E-state index in [1.807, 2.05) is 0 Å². The molecule has 8 heavy (non-hydrogen) atoms. The highest BCUT2D eigenvalue weighted by Crippen LogP contribution is 1.85. The van der Waals surface area contributed by atoms with E-state index in [1.165, 1.54) is 6.61 Å². The van der Waals surface area contributed by atoms with Gasteiger partial charge in [-0.2, -0.15) is 0 Å². The Kier molecular flexibility index (Phi) is 6.78. The minimum Gasteiger partial charge on any atom is -0.396 e. The average molecular weight is 119 g/mol. The molecule has 0 aliphatic heterocycles. The number of hydrogen-bond donors (Lipinski definition) is 2. The van der Waals surface area contributed by atoms with E-state index < -0.39 is 0 Å². The van der Waals surface area contributed by atoms with Gasteiger partial charge in [-0.3, -0.25) is 0 Å². The summed E-state index contributed by atoms with van der Waals surface area (Å²) in [5.41, 5.74) is 0. The van der Waals surface area contributed by atoms with Gasteiger partial charge >= 0.3 is 0 Å². The van der Waals surface area contributed by atoms with E-state index in [2.05, 4.69) is 4.74 Å². The summed E-state index contributed by atoms with van der Waals surface area (Å²) in [7, 11) is 0. The average Bonchev–Trinajstić information content (AvgIpc) is 1.81. The Bertz CT molecular complexity index is 32.7. The molecule has 0 bridgehead atoms. The lowest BCUT2D eigenvalue weighted by Crippen LogP contribution is -1.97. The molecule has 2 N–H and O–H groups in total. The van der Waals surface area contributed by atoms with Crippen molar-refractivity contribution >= 4 is 0 Å². The van der Waals surface area contributed by atoms with Crippen molar-refractivity contribution in [1.82, 2.24) is 0 Å². The third-order valence-electron chi connectivity index (χ3n) is 0.574. The first-order valence-electron chi connectivity index (χ1n) is 2.57. The van der Waals surface area contributed by atoms with Gasteiger partial charge in [-0.15, -0.1) is 0 Å². The molecule has 3 nitrogen and oxygen atoms in total. The van der Waals surface area contributed by atoms with Crippen molar-refractivity contribution in [2.75, 3.05) is 19.8 Å². The third-order valence-corrected chi connectivity index (χ3v) is 0.574. The molecule has 49 valence electrons. The Hall–Kier alpha value is -0.120. The highest BCUT2D eigenvalue weighted by atomic mass is 16.5. The Balaban J connectivity index is 2.53. The van der Waals surface area contributed by atoms with Crippen LogP contribution >= 0.6 is 0 Å². The topological polar surface area (TPSA) is 49.7 Å². The molecule has 0 atom stereocenters. The molecule has 0 aliphatic carbocycles. The van der Waals surface area contributed by atoms with Gasteiger partial charge in [0.1, 0.15) is 0 Å². The SMILES string of the molecule is OCC[CH]OCCO. The normalized spacial score (nSPS) is 9.75. The van der Waals surface area contributed by atoms with Gasteiger partial charge in [-0.1, -0.05) is 0 Å². The molecule has 0 rings (SSSR count). The minimum atomic E-state index is 0.0297. The summed E-state index contributed by atoms with van der Waals surface area (Å²) >= 11 is 0. The van der Waals surface area contributed by atoms with Gasteiger partial charge < -0.3 is 14.9 Å². The molecule has 0 amide bonds. The van der Waals surface area contributed by atoms with Crippen molar-refractivity contribution in [3.63, 3.8) is 0 Å². The van der Waals surface area contributed by atoms with Crippen LogP contribution in [0.15, 0.2) is 0 Å². The maximum absolute atomic E-state index is 8.19. The molecule has 0 unspecified atom stereocenters. The van der Waals surface area contributed by atoms with Crippen molar-refractivity contribution in [3.05, 3.63) is 6.61 Å². The Morgan fingerprint density at radius 1 is 1.25 bits per heavy atom. The zero-order valence-electron chi connectivity index (χ0n) is 4.71. The highest BCUT2D eigenvalue weighted by molar-refractivity contribution is 4.46. The Morgan fingerprint density at radius 3 is 2.50 bits per heavy atom. The lowest BCUT2D eigenvalue weighted by Gasteiger charge is -1.96. The molecular weight excluding hydrogens is 108 g/mol. The van der Waals surface area contributed by atoms with Crippen LogP contribution in [0.25, 0.3) is 0 Å². The van der Waals surface area contributed by atoms with Crippen LogP contribution in [0, 0.1) is 6.61 Å². The number of rotatable bonds is 5. The van der Waals surface area contributed by atoms with Crippen molar-refractivity contribution < 1.29 is 14.9 Å². The second-order valence-electron chi connectivity index (χ2n) is 1.27. The van der Waals surface area contributed by atoms with E-state index in [0.29, 0.717) is 13.0 Å². The van der Waals surface area contributed by atoms with E-state index in [0.717, 1.165) is 0 Å². The first-order valence-corrected chi connectivity index (χ1v) is 2.57. The van der Waals surface area contributed by atoms with Gasteiger partial charge in [0.25, 0.3) is 0 Å². The summed E-state index contributed by atoms with van der Waals surface area (Å²) in [6, 6.07) is 0. The van der Waals surface area contributed by atoms with Gasteiger partial charge in [0.2, 0.25) is 0 Å². The number of aliphatic hydroxyl groups is 2. The van der Waals surface area contributed by atoms with Crippen LogP contribution in [-0.4, -0.2) is 30.0 Å². The standard InChI is InChI=1S/C5H11O3/c6-2-1-4-8-5-3-7/h4,6-7H,1-3,5H2. The van der Waals surface area contributed by atoms with Gasteiger partial charge in [0.15, 0.2) is 0 Å². The minimum absolute atomic E-state index is 0.0297. The predicted octanol–water partition coefficient (Wildman–Crippen LogP) is -0.461. The second kappa shape index (κ2) is 6.88. The summed E-state index contributed by atoms with van der Waals surface area (Å²) in [4.78, 5) is 0. The van der Waals surface area contributed by atoms with Crippen LogP contribution in [0.5, 0.6) is 0 Å². The molecule has 0 aromatic carbocycles. The smallest absolute Gasteiger partial charge is 0.0860 e.